The Kier molecular flexibility index (Phi) is 5.82. The number of amides is 1. The van der Waals surface area contributed by atoms with E-state index in [0.29, 0.717) is 25.1 Å². The van der Waals surface area contributed by atoms with Crippen LogP contribution in [-0.4, -0.2) is 35.2 Å². The molecule has 0 aromatic heterocycles. The minimum Gasteiger partial charge on any atom is -0.369 e. The van der Waals surface area contributed by atoms with Crippen molar-refractivity contribution in [3.05, 3.63) is 23.8 Å². The quantitative estimate of drug-likeness (QED) is 0.652. The van der Waals surface area contributed by atoms with Gasteiger partial charge in [-0.15, -0.1) is 11.8 Å². The molecule has 0 bridgehead atoms. The van der Waals surface area contributed by atoms with Crippen LogP contribution >= 0.6 is 11.8 Å². The molecule has 0 saturated heterocycles. The summed E-state index contributed by atoms with van der Waals surface area (Å²) in [5, 5.41) is 9.45. The maximum absolute atomic E-state index is 13.2. The lowest BCUT2D eigenvalue weighted by atomic mass is 9.91. The summed E-state index contributed by atoms with van der Waals surface area (Å²) >= 11 is 1.10. The summed E-state index contributed by atoms with van der Waals surface area (Å²) in [6, 6.07) is 2.30. The lowest BCUT2D eigenvalue weighted by molar-refractivity contribution is -0.376. The average Bonchev–Trinajstić information content (AvgIpc) is 2.55. The molecule has 1 aliphatic rings. The van der Waals surface area contributed by atoms with Gasteiger partial charge in [-0.1, -0.05) is 33.8 Å². The first-order valence-corrected chi connectivity index (χ1v) is 9.41. The number of carbonyl (C=O) groups excluding carboxylic acids is 1. The minimum absolute atomic E-state index is 0.0973. The predicted molar refractivity (Wildman–Crippen MR) is 94.2 cm³/mol. The van der Waals surface area contributed by atoms with E-state index in [0.717, 1.165) is 17.8 Å². The number of hydrogen-bond donors (Lipinski definition) is 1. The summed E-state index contributed by atoms with van der Waals surface area (Å²) in [5.41, 5.74) is -6.86. The zero-order valence-electron chi connectivity index (χ0n) is 15.7. The zero-order valence-corrected chi connectivity index (χ0v) is 16.5. The number of aliphatic hydroxyl groups is 1. The molecule has 0 radical (unpaired) electrons. The van der Waals surface area contributed by atoms with Crippen LogP contribution in [0.1, 0.15) is 39.7 Å². The Morgan fingerprint density at radius 2 is 1.68 bits per heavy atom. The van der Waals surface area contributed by atoms with Crippen LogP contribution in [0.2, 0.25) is 0 Å². The van der Waals surface area contributed by atoms with Crippen molar-refractivity contribution in [2.75, 3.05) is 11.4 Å². The Bertz CT molecular complexity index is 740. The Hall–Kier alpha value is -1.42. The smallest absolute Gasteiger partial charge is 0.369 e. The van der Waals surface area contributed by atoms with Gasteiger partial charge in [0.25, 0.3) is 5.60 Å². The number of carbonyl (C=O) groups is 1. The standard InChI is InChI=1S/C18H21F6NO2S/c1-5-11-9-25(14(26)15(2,3)4)12-7-6-10(8-13(12)28-11)16(27,17(19,20)21)18(22,23)24/h6-8,11,27H,5,9H2,1-4H3/t11-/m0/s1. The lowest BCUT2D eigenvalue weighted by Crippen LogP contribution is -2.54. The number of rotatable bonds is 2. The maximum Gasteiger partial charge on any atom is 0.430 e. The van der Waals surface area contributed by atoms with Crippen molar-refractivity contribution in [3.8, 4) is 0 Å². The summed E-state index contributed by atoms with van der Waals surface area (Å²) in [5.74, 6) is -0.290. The van der Waals surface area contributed by atoms with Crippen LogP contribution in [0.5, 0.6) is 0 Å². The third kappa shape index (κ3) is 3.85. The molecule has 2 rings (SSSR count). The first-order chi connectivity index (χ1) is 12.5. The van der Waals surface area contributed by atoms with Gasteiger partial charge in [-0.3, -0.25) is 4.79 Å². The monoisotopic (exact) mass is 429 g/mol. The Morgan fingerprint density at radius 1 is 1.14 bits per heavy atom. The maximum atomic E-state index is 13.2. The fraction of sp³-hybridized carbons (Fsp3) is 0.611. The van der Waals surface area contributed by atoms with Crippen LogP contribution in [0.15, 0.2) is 23.1 Å². The van der Waals surface area contributed by atoms with E-state index in [1.165, 1.54) is 4.90 Å². The lowest BCUT2D eigenvalue weighted by Gasteiger charge is -2.38. The number of anilines is 1. The number of fused-ring (bicyclic) bond motifs is 1. The molecule has 0 fully saturated rings. The van der Waals surface area contributed by atoms with Crippen LogP contribution in [0.25, 0.3) is 0 Å². The highest BCUT2D eigenvalue weighted by molar-refractivity contribution is 8.00. The number of hydrogen-bond acceptors (Lipinski definition) is 3. The first-order valence-electron chi connectivity index (χ1n) is 8.53. The highest BCUT2D eigenvalue weighted by atomic mass is 32.2. The van der Waals surface area contributed by atoms with Crippen molar-refractivity contribution in [2.24, 2.45) is 5.41 Å². The van der Waals surface area contributed by atoms with Crippen molar-refractivity contribution < 1.29 is 36.2 Å². The predicted octanol–water partition coefficient (Wildman–Crippen LogP) is 5.26. The third-order valence-corrected chi connectivity index (χ3v) is 5.91. The van der Waals surface area contributed by atoms with Gasteiger partial charge in [0, 0.05) is 27.7 Å². The summed E-state index contributed by atoms with van der Waals surface area (Å²) in [6.45, 7) is 7.15. The third-order valence-electron chi connectivity index (χ3n) is 4.51. The second kappa shape index (κ2) is 7.12. The largest absolute Gasteiger partial charge is 0.430 e. The van der Waals surface area contributed by atoms with Crippen molar-refractivity contribution in [3.63, 3.8) is 0 Å². The van der Waals surface area contributed by atoms with Gasteiger partial charge in [-0.25, -0.2) is 0 Å². The molecule has 10 heteroatoms. The van der Waals surface area contributed by atoms with E-state index >= 15 is 0 Å². The highest BCUT2D eigenvalue weighted by Crippen LogP contribution is 2.52. The topological polar surface area (TPSA) is 40.5 Å². The van der Waals surface area contributed by atoms with E-state index in [9.17, 15) is 36.2 Å². The number of alkyl halides is 6. The molecule has 1 aliphatic heterocycles. The molecule has 1 atom stereocenters. The van der Waals surface area contributed by atoms with E-state index in [1.807, 2.05) is 6.92 Å². The Balaban J connectivity index is 2.63. The molecule has 1 aromatic carbocycles. The molecule has 158 valence electrons. The molecular formula is C18H21F6NO2S. The van der Waals surface area contributed by atoms with Crippen LogP contribution in [-0.2, 0) is 10.4 Å². The second-order valence-electron chi connectivity index (χ2n) is 7.70. The van der Waals surface area contributed by atoms with Crippen LogP contribution in [0, 0.1) is 5.41 Å². The van der Waals surface area contributed by atoms with Crippen molar-refractivity contribution in [1.82, 2.24) is 0 Å². The summed E-state index contributed by atoms with van der Waals surface area (Å²) in [4.78, 5) is 14.2. The SMILES string of the molecule is CC[C@H]1CN(C(=O)C(C)(C)C)c2ccc(C(O)(C(F)(F)F)C(F)(F)F)cc2S1. The number of nitrogens with zero attached hydrogens (tertiary/aromatic N) is 1. The van der Waals surface area contributed by atoms with Gasteiger partial charge >= 0.3 is 12.4 Å². The van der Waals surface area contributed by atoms with Gasteiger partial charge < -0.3 is 10.0 Å². The molecule has 1 heterocycles. The number of halogens is 6. The van der Waals surface area contributed by atoms with E-state index in [2.05, 4.69) is 0 Å². The average molecular weight is 429 g/mol. The molecule has 1 aromatic rings. The van der Waals surface area contributed by atoms with Crippen LogP contribution in [0.4, 0.5) is 32.0 Å². The zero-order chi connectivity index (χ0) is 21.7. The minimum atomic E-state index is -5.95. The molecule has 28 heavy (non-hydrogen) atoms. The Labute approximate surface area is 163 Å². The van der Waals surface area contributed by atoms with Crippen molar-refractivity contribution in [1.29, 1.82) is 0 Å². The summed E-state index contributed by atoms with van der Waals surface area (Å²) in [7, 11) is 0. The van der Waals surface area contributed by atoms with Crippen LogP contribution < -0.4 is 4.90 Å². The fourth-order valence-electron chi connectivity index (χ4n) is 2.87. The van der Waals surface area contributed by atoms with Crippen LogP contribution in [0.3, 0.4) is 0 Å². The summed E-state index contributed by atoms with van der Waals surface area (Å²) in [6.07, 6.45) is -11.3. The summed E-state index contributed by atoms with van der Waals surface area (Å²) < 4.78 is 79.1. The van der Waals surface area contributed by atoms with E-state index in [-0.39, 0.29) is 21.7 Å². The second-order valence-corrected chi connectivity index (χ2v) is 9.04. The highest BCUT2D eigenvalue weighted by Gasteiger charge is 2.71. The fourth-order valence-corrected chi connectivity index (χ4v) is 4.12. The van der Waals surface area contributed by atoms with Gasteiger partial charge in [0.1, 0.15) is 0 Å². The number of thioether (sulfide) groups is 1. The van der Waals surface area contributed by atoms with E-state index < -0.39 is 28.9 Å². The van der Waals surface area contributed by atoms with E-state index in [1.54, 1.807) is 20.8 Å². The molecule has 1 N–H and O–H groups in total. The van der Waals surface area contributed by atoms with Crippen molar-refractivity contribution in [2.45, 2.75) is 62.2 Å². The molecule has 0 saturated carbocycles. The Morgan fingerprint density at radius 3 is 2.11 bits per heavy atom. The first kappa shape index (κ1) is 22.9. The van der Waals surface area contributed by atoms with E-state index in [4.69, 9.17) is 0 Å². The van der Waals surface area contributed by atoms with Gasteiger partial charge in [0.15, 0.2) is 0 Å². The van der Waals surface area contributed by atoms with Gasteiger partial charge in [0.2, 0.25) is 5.91 Å². The van der Waals surface area contributed by atoms with Gasteiger partial charge in [-0.05, 0) is 18.6 Å². The molecule has 1 amide bonds. The molecule has 0 spiro atoms. The molecular weight excluding hydrogens is 408 g/mol. The molecule has 0 aliphatic carbocycles. The molecule has 3 nitrogen and oxygen atoms in total. The number of benzene rings is 1. The normalized spacial score (nSPS) is 18.8. The van der Waals surface area contributed by atoms with Gasteiger partial charge in [0.05, 0.1) is 5.69 Å². The molecule has 0 unspecified atom stereocenters. The van der Waals surface area contributed by atoms with Crippen molar-refractivity contribution >= 4 is 23.4 Å². The van der Waals surface area contributed by atoms with Gasteiger partial charge in [-0.2, -0.15) is 26.3 Å².